The van der Waals surface area contributed by atoms with Crippen LogP contribution in [0, 0.1) is 17.0 Å². The number of thiocarbonyl (C=S) groups is 1. The number of rotatable bonds is 5. The number of methoxy groups -OCH3 is 2. The maximum atomic E-state index is 12.4. The van der Waals surface area contributed by atoms with Gasteiger partial charge in [-0.3, -0.25) is 20.2 Å². The number of carbonyl (C=O) groups excluding carboxylic acids is 1. The summed E-state index contributed by atoms with van der Waals surface area (Å²) in [7, 11) is 2.94. The molecule has 0 aliphatic carbocycles. The Morgan fingerprint density at radius 1 is 1.22 bits per heavy atom. The highest BCUT2D eigenvalue weighted by molar-refractivity contribution is 7.80. The number of ether oxygens (including phenoxy) is 2. The molecule has 0 bridgehead atoms. The zero-order chi connectivity index (χ0) is 20.1. The Morgan fingerprint density at radius 3 is 2.52 bits per heavy atom. The average molecular weight is 410 g/mol. The Kier molecular flexibility index (Phi) is 6.54. The van der Waals surface area contributed by atoms with Gasteiger partial charge in [0.25, 0.3) is 11.6 Å². The molecule has 0 aliphatic heterocycles. The SMILES string of the molecule is COc1ccc(C(=O)NC(=S)Nc2cc(Cl)c([N+](=O)[O-])cc2C)c(OC)c1. The fourth-order valence-corrected chi connectivity index (χ4v) is 2.69. The van der Waals surface area contributed by atoms with Crippen molar-refractivity contribution in [3.63, 3.8) is 0 Å². The number of nitrogens with one attached hydrogen (secondary N) is 2. The van der Waals surface area contributed by atoms with Gasteiger partial charge in [-0.2, -0.15) is 0 Å². The molecule has 2 aromatic rings. The van der Waals surface area contributed by atoms with E-state index >= 15 is 0 Å². The predicted octanol–water partition coefficient (Wildman–Crippen LogP) is 3.70. The van der Waals surface area contributed by atoms with Crippen LogP contribution in [0.15, 0.2) is 30.3 Å². The molecule has 0 spiro atoms. The first kappa shape index (κ1) is 20.4. The Labute approximate surface area is 165 Å². The molecule has 2 N–H and O–H groups in total. The largest absolute Gasteiger partial charge is 0.497 e. The highest BCUT2D eigenvalue weighted by atomic mass is 35.5. The van der Waals surface area contributed by atoms with E-state index in [1.807, 2.05) is 0 Å². The summed E-state index contributed by atoms with van der Waals surface area (Å²) in [5, 5.41) is 16.2. The standard InChI is InChI=1S/C17H16ClN3O5S/c1-9-6-14(21(23)24)12(18)8-13(9)19-17(27)20-16(22)11-5-4-10(25-2)7-15(11)26-3/h4-8H,1-3H3,(H2,19,20,22,27). The summed E-state index contributed by atoms with van der Waals surface area (Å²) in [5.74, 6) is 0.377. The molecular weight excluding hydrogens is 394 g/mol. The molecule has 1 amide bonds. The number of aryl methyl sites for hydroxylation is 1. The van der Waals surface area contributed by atoms with E-state index in [9.17, 15) is 14.9 Å². The lowest BCUT2D eigenvalue weighted by Gasteiger charge is -2.14. The number of halogens is 1. The summed E-state index contributed by atoms with van der Waals surface area (Å²) in [5.41, 5.74) is 1.04. The van der Waals surface area contributed by atoms with Gasteiger partial charge < -0.3 is 14.8 Å². The van der Waals surface area contributed by atoms with E-state index in [1.165, 1.54) is 26.4 Å². The minimum Gasteiger partial charge on any atom is -0.497 e. The van der Waals surface area contributed by atoms with Gasteiger partial charge >= 0.3 is 0 Å². The number of hydrogen-bond acceptors (Lipinski definition) is 6. The van der Waals surface area contributed by atoms with Gasteiger partial charge in [-0.05, 0) is 42.9 Å². The lowest BCUT2D eigenvalue weighted by Crippen LogP contribution is -2.34. The fourth-order valence-electron chi connectivity index (χ4n) is 2.25. The van der Waals surface area contributed by atoms with Crippen molar-refractivity contribution in [2.24, 2.45) is 0 Å². The molecule has 2 aromatic carbocycles. The summed E-state index contributed by atoms with van der Waals surface area (Å²) in [6, 6.07) is 7.44. The molecule has 0 saturated heterocycles. The summed E-state index contributed by atoms with van der Waals surface area (Å²) in [6.45, 7) is 1.66. The highest BCUT2D eigenvalue weighted by Gasteiger charge is 2.17. The number of anilines is 1. The quantitative estimate of drug-likeness (QED) is 0.441. The van der Waals surface area contributed by atoms with Crippen molar-refractivity contribution in [3.05, 3.63) is 56.6 Å². The van der Waals surface area contributed by atoms with Crippen LogP contribution in [0.2, 0.25) is 5.02 Å². The van der Waals surface area contributed by atoms with E-state index < -0.39 is 10.8 Å². The number of hydrogen-bond donors (Lipinski definition) is 2. The van der Waals surface area contributed by atoms with E-state index in [4.69, 9.17) is 33.3 Å². The summed E-state index contributed by atoms with van der Waals surface area (Å²) < 4.78 is 10.3. The minimum absolute atomic E-state index is 0.00545. The van der Waals surface area contributed by atoms with Crippen LogP contribution in [0.5, 0.6) is 11.5 Å². The average Bonchev–Trinajstić information content (AvgIpc) is 2.63. The maximum Gasteiger partial charge on any atom is 0.288 e. The van der Waals surface area contributed by atoms with Crippen molar-refractivity contribution in [2.75, 3.05) is 19.5 Å². The molecule has 2 rings (SSSR count). The molecule has 0 aromatic heterocycles. The normalized spacial score (nSPS) is 10.1. The first-order chi connectivity index (χ1) is 12.8. The molecule has 27 heavy (non-hydrogen) atoms. The molecule has 0 saturated carbocycles. The summed E-state index contributed by atoms with van der Waals surface area (Å²) in [4.78, 5) is 22.8. The number of amides is 1. The van der Waals surface area contributed by atoms with E-state index in [0.717, 1.165) is 0 Å². The van der Waals surface area contributed by atoms with Crippen LogP contribution < -0.4 is 20.1 Å². The van der Waals surface area contributed by atoms with Crippen molar-refractivity contribution < 1.29 is 19.2 Å². The fraction of sp³-hybridized carbons (Fsp3) is 0.176. The monoisotopic (exact) mass is 409 g/mol. The molecule has 0 fully saturated rings. The zero-order valence-electron chi connectivity index (χ0n) is 14.7. The third-order valence-electron chi connectivity index (χ3n) is 3.62. The topological polar surface area (TPSA) is 103 Å². The Balaban J connectivity index is 2.15. The van der Waals surface area contributed by atoms with Gasteiger partial charge in [-0.25, -0.2) is 0 Å². The van der Waals surface area contributed by atoms with Crippen LogP contribution in [0.4, 0.5) is 11.4 Å². The van der Waals surface area contributed by atoms with Crippen LogP contribution in [0.3, 0.4) is 0 Å². The second-order valence-corrected chi connectivity index (χ2v) is 6.17. The minimum atomic E-state index is -0.574. The Morgan fingerprint density at radius 2 is 1.93 bits per heavy atom. The molecule has 0 aliphatic rings. The van der Waals surface area contributed by atoms with Gasteiger partial charge in [-0.15, -0.1) is 0 Å². The van der Waals surface area contributed by atoms with Crippen molar-refractivity contribution in [1.29, 1.82) is 0 Å². The molecule has 0 heterocycles. The lowest BCUT2D eigenvalue weighted by atomic mass is 10.1. The number of nitrogens with zero attached hydrogens (tertiary/aromatic N) is 1. The summed E-state index contributed by atoms with van der Waals surface area (Å²) >= 11 is 11.1. The number of benzene rings is 2. The lowest BCUT2D eigenvalue weighted by molar-refractivity contribution is -0.384. The van der Waals surface area contributed by atoms with Crippen LogP contribution in [0.25, 0.3) is 0 Å². The van der Waals surface area contributed by atoms with E-state index in [-0.39, 0.29) is 21.4 Å². The van der Waals surface area contributed by atoms with E-state index in [2.05, 4.69) is 10.6 Å². The van der Waals surface area contributed by atoms with Crippen LogP contribution >= 0.6 is 23.8 Å². The van der Waals surface area contributed by atoms with Gasteiger partial charge in [0, 0.05) is 17.8 Å². The molecule has 8 nitrogen and oxygen atoms in total. The van der Waals surface area contributed by atoms with Crippen molar-refractivity contribution >= 4 is 46.2 Å². The third-order valence-corrected chi connectivity index (χ3v) is 4.13. The Bertz CT molecular complexity index is 920. The second-order valence-electron chi connectivity index (χ2n) is 5.35. The van der Waals surface area contributed by atoms with E-state index in [1.54, 1.807) is 25.1 Å². The summed E-state index contributed by atoms with van der Waals surface area (Å²) in [6.07, 6.45) is 0. The molecule has 0 atom stereocenters. The number of carbonyl (C=O) groups is 1. The number of nitro groups is 1. The van der Waals surface area contributed by atoms with Gasteiger partial charge in [0.2, 0.25) is 0 Å². The van der Waals surface area contributed by atoms with Gasteiger partial charge in [-0.1, -0.05) is 11.6 Å². The zero-order valence-corrected chi connectivity index (χ0v) is 16.2. The molecule has 142 valence electrons. The van der Waals surface area contributed by atoms with Gasteiger partial charge in [0.05, 0.1) is 24.7 Å². The van der Waals surface area contributed by atoms with Gasteiger partial charge in [0.15, 0.2) is 5.11 Å². The number of nitro benzene ring substituents is 1. The van der Waals surface area contributed by atoms with E-state index in [0.29, 0.717) is 22.7 Å². The highest BCUT2D eigenvalue weighted by Crippen LogP contribution is 2.30. The van der Waals surface area contributed by atoms with Crippen molar-refractivity contribution in [2.45, 2.75) is 6.92 Å². The third kappa shape index (κ3) is 4.83. The van der Waals surface area contributed by atoms with Crippen molar-refractivity contribution in [3.8, 4) is 11.5 Å². The smallest absolute Gasteiger partial charge is 0.288 e. The molecular formula is C17H16ClN3O5S. The van der Waals surface area contributed by atoms with Crippen molar-refractivity contribution in [1.82, 2.24) is 5.32 Å². The van der Waals surface area contributed by atoms with Crippen LogP contribution in [-0.4, -0.2) is 30.2 Å². The Hall–Kier alpha value is -2.91. The van der Waals surface area contributed by atoms with Crippen LogP contribution in [-0.2, 0) is 0 Å². The van der Waals surface area contributed by atoms with Gasteiger partial charge in [0.1, 0.15) is 16.5 Å². The molecule has 0 unspecified atom stereocenters. The molecule has 10 heteroatoms. The van der Waals surface area contributed by atoms with Crippen LogP contribution in [0.1, 0.15) is 15.9 Å². The first-order valence-corrected chi connectivity index (χ1v) is 8.34. The first-order valence-electron chi connectivity index (χ1n) is 7.55. The second kappa shape index (κ2) is 8.65. The predicted molar refractivity (Wildman–Crippen MR) is 106 cm³/mol. The maximum absolute atomic E-state index is 12.4. The molecule has 0 radical (unpaired) electrons.